The van der Waals surface area contributed by atoms with Crippen molar-refractivity contribution in [1.82, 2.24) is 10.1 Å². The van der Waals surface area contributed by atoms with Crippen LogP contribution in [-0.4, -0.2) is 29.8 Å². The van der Waals surface area contributed by atoms with Gasteiger partial charge >= 0.3 is 0 Å². The zero-order chi connectivity index (χ0) is 13.2. The first-order chi connectivity index (χ1) is 9.28. The van der Waals surface area contributed by atoms with E-state index in [2.05, 4.69) is 15.5 Å². The van der Waals surface area contributed by atoms with E-state index in [1.165, 1.54) is 0 Å². The maximum atomic E-state index is 11.4. The van der Waals surface area contributed by atoms with Gasteiger partial charge in [-0.3, -0.25) is 4.79 Å². The summed E-state index contributed by atoms with van der Waals surface area (Å²) in [7, 11) is 1.62. The summed E-state index contributed by atoms with van der Waals surface area (Å²) >= 11 is 0. The molecular weight excluding hydrogens is 246 g/mol. The van der Waals surface area contributed by atoms with Gasteiger partial charge in [0.25, 0.3) is 0 Å². The number of nitrogens with zero attached hydrogens (tertiary/aromatic N) is 2. The average Bonchev–Trinajstić information content (AvgIpc) is 3.00. The number of aromatic nitrogens is 2. The van der Waals surface area contributed by atoms with Crippen LogP contribution >= 0.6 is 0 Å². The lowest BCUT2D eigenvalue weighted by Gasteiger charge is -2.03. The summed E-state index contributed by atoms with van der Waals surface area (Å²) < 4.78 is 10.1. The predicted octanol–water partition coefficient (Wildman–Crippen LogP) is 1.42. The molecule has 3 rings (SSSR count). The van der Waals surface area contributed by atoms with Gasteiger partial charge in [0.05, 0.1) is 25.1 Å². The topological polar surface area (TPSA) is 77.2 Å². The van der Waals surface area contributed by atoms with E-state index in [1.54, 1.807) is 7.11 Å². The van der Waals surface area contributed by atoms with Gasteiger partial charge in [-0.2, -0.15) is 4.98 Å². The minimum atomic E-state index is -0.00875. The van der Waals surface area contributed by atoms with Gasteiger partial charge in [-0.1, -0.05) is 17.3 Å². The monoisotopic (exact) mass is 259 g/mol. The molecule has 1 aromatic carbocycles. The Balaban J connectivity index is 1.93. The summed E-state index contributed by atoms with van der Waals surface area (Å²) in [5, 5.41) is 6.78. The third-order valence-electron chi connectivity index (χ3n) is 3.00. The molecule has 0 atom stereocenters. The van der Waals surface area contributed by atoms with Crippen molar-refractivity contribution >= 4 is 11.6 Å². The third-order valence-corrected chi connectivity index (χ3v) is 3.00. The summed E-state index contributed by atoms with van der Waals surface area (Å²) in [6.45, 7) is 0.533. The van der Waals surface area contributed by atoms with Crippen LogP contribution in [0.5, 0.6) is 0 Å². The van der Waals surface area contributed by atoms with Crippen LogP contribution in [0.3, 0.4) is 0 Å². The number of ether oxygens (including phenoxy) is 1. The summed E-state index contributed by atoms with van der Waals surface area (Å²) in [4.78, 5) is 15.7. The molecule has 0 spiro atoms. The quantitative estimate of drug-likeness (QED) is 0.898. The van der Waals surface area contributed by atoms with Crippen molar-refractivity contribution in [3.8, 4) is 11.4 Å². The summed E-state index contributed by atoms with van der Waals surface area (Å²) in [6, 6.07) is 5.68. The molecule has 0 saturated heterocycles. The molecule has 1 N–H and O–H groups in total. The Morgan fingerprint density at radius 1 is 1.47 bits per heavy atom. The van der Waals surface area contributed by atoms with E-state index in [0.29, 0.717) is 31.2 Å². The molecule has 98 valence electrons. The number of carbonyl (C=O) groups excluding carboxylic acids is 1. The van der Waals surface area contributed by atoms with Crippen LogP contribution in [0.2, 0.25) is 0 Å². The first-order valence-electron chi connectivity index (χ1n) is 6.01. The number of nitrogens with one attached hydrogen (secondary N) is 1. The van der Waals surface area contributed by atoms with Crippen molar-refractivity contribution in [2.75, 3.05) is 19.0 Å². The van der Waals surface area contributed by atoms with Gasteiger partial charge in [0.15, 0.2) is 0 Å². The second kappa shape index (κ2) is 4.81. The molecule has 1 aliphatic rings. The fourth-order valence-electron chi connectivity index (χ4n) is 2.09. The molecule has 2 heterocycles. The van der Waals surface area contributed by atoms with E-state index in [0.717, 1.165) is 16.8 Å². The second-order valence-corrected chi connectivity index (χ2v) is 4.32. The van der Waals surface area contributed by atoms with E-state index in [1.807, 2.05) is 18.2 Å². The minimum Gasteiger partial charge on any atom is -0.384 e. The van der Waals surface area contributed by atoms with Crippen LogP contribution in [0, 0.1) is 0 Å². The molecule has 6 heteroatoms. The molecule has 6 nitrogen and oxygen atoms in total. The lowest BCUT2D eigenvalue weighted by Crippen LogP contribution is -2.04. The van der Waals surface area contributed by atoms with Crippen molar-refractivity contribution in [2.24, 2.45) is 0 Å². The van der Waals surface area contributed by atoms with Crippen molar-refractivity contribution < 1.29 is 14.1 Å². The summed E-state index contributed by atoms with van der Waals surface area (Å²) in [5.74, 6) is 1.01. The lowest BCUT2D eigenvalue weighted by molar-refractivity contribution is -0.115. The molecule has 19 heavy (non-hydrogen) atoms. The number of hydrogen-bond acceptors (Lipinski definition) is 5. The molecule has 1 aromatic heterocycles. The number of hydrogen-bond donors (Lipinski definition) is 1. The Hall–Kier alpha value is -2.21. The van der Waals surface area contributed by atoms with Gasteiger partial charge < -0.3 is 14.6 Å². The van der Waals surface area contributed by atoms with Gasteiger partial charge in [0, 0.05) is 12.7 Å². The van der Waals surface area contributed by atoms with Gasteiger partial charge in [-0.05, 0) is 11.6 Å². The molecule has 0 radical (unpaired) electrons. The molecule has 1 amide bonds. The van der Waals surface area contributed by atoms with E-state index >= 15 is 0 Å². The molecular formula is C13H13N3O3. The lowest BCUT2D eigenvalue weighted by atomic mass is 10.1. The van der Waals surface area contributed by atoms with Crippen molar-refractivity contribution in [3.05, 3.63) is 29.7 Å². The third kappa shape index (κ3) is 2.22. The van der Waals surface area contributed by atoms with Crippen molar-refractivity contribution in [2.45, 2.75) is 12.8 Å². The van der Waals surface area contributed by atoms with E-state index < -0.39 is 0 Å². The molecule has 0 fully saturated rings. The molecule has 0 saturated carbocycles. The number of anilines is 1. The molecule has 2 aromatic rings. The smallest absolute Gasteiger partial charge is 0.229 e. The largest absolute Gasteiger partial charge is 0.384 e. The fourth-order valence-corrected chi connectivity index (χ4v) is 2.09. The number of amides is 1. The van der Waals surface area contributed by atoms with Crippen molar-refractivity contribution in [3.63, 3.8) is 0 Å². The Morgan fingerprint density at radius 3 is 3.21 bits per heavy atom. The van der Waals surface area contributed by atoms with Crippen molar-refractivity contribution in [1.29, 1.82) is 0 Å². The zero-order valence-corrected chi connectivity index (χ0v) is 10.5. The fraction of sp³-hybridized carbons (Fsp3) is 0.308. The number of fused-ring (bicyclic) bond motifs is 1. The Kier molecular flexibility index (Phi) is 3.00. The maximum absolute atomic E-state index is 11.4. The number of carbonyl (C=O) groups is 1. The highest BCUT2D eigenvalue weighted by molar-refractivity contribution is 6.03. The zero-order valence-electron chi connectivity index (χ0n) is 10.5. The number of benzene rings is 1. The van der Waals surface area contributed by atoms with E-state index in [-0.39, 0.29) is 5.91 Å². The van der Waals surface area contributed by atoms with Crippen LogP contribution in [0.25, 0.3) is 11.4 Å². The van der Waals surface area contributed by atoms with Crippen LogP contribution in [0.4, 0.5) is 5.69 Å². The first-order valence-corrected chi connectivity index (χ1v) is 6.01. The van der Waals surface area contributed by atoms with Crippen LogP contribution in [0.1, 0.15) is 11.5 Å². The first kappa shape index (κ1) is 11.9. The molecule has 0 aliphatic carbocycles. The summed E-state index contributed by atoms with van der Waals surface area (Å²) in [5.41, 5.74) is 2.54. The van der Waals surface area contributed by atoms with Crippen LogP contribution in [-0.2, 0) is 22.4 Å². The second-order valence-electron chi connectivity index (χ2n) is 4.32. The van der Waals surface area contributed by atoms with Crippen LogP contribution < -0.4 is 5.32 Å². The normalized spacial score (nSPS) is 13.4. The molecule has 1 aliphatic heterocycles. The van der Waals surface area contributed by atoms with E-state index in [9.17, 15) is 4.79 Å². The van der Waals surface area contributed by atoms with Gasteiger partial charge in [-0.15, -0.1) is 0 Å². The highest BCUT2D eigenvalue weighted by atomic mass is 16.5. The average molecular weight is 259 g/mol. The highest BCUT2D eigenvalue weighted by Crippen LogP contribution is 2.33. The number of methoxy groups -OCH3 is 1. The maximum Gasteiger partial charge on any atom is 0.229 e. The Bertz CT molecular complexity index is 621. The molecule has 0 bridgehead atoms. The Labute approximate surface area is 109 Å². The van der Waals surface area contributed by atoms with Gasteiger partial charge in [0.2, 0.25) is 17.6 Å². The van der Waals surface area contributed by atoms with E-state index in [4.69, 9.17) is 9.26 Å². The Morgan fingerprint density at radius 2 is 2.37 bits per heavy atom. The summed E-state index contributed by atoms with van der Waals surface area (Å²) in [6.07, 6.45) is 0.975. The van der Waals surface area contributed by atoms with Crippen LogP contribution in [0.15, 0.2) is 22.7 Å². The predicted molar refractivity (Wildman–Crippen MR) is 67.6 cm³/mol. The minimum absolute atomic E-state index is 0.00875. The highest BCUT2D eigenvalue weighted by Gasteiger charge is 2.23. The number of para-hydroxylation sites is 1. The molecule has 0 unspecified atom stereocenters. The number of rotatable bonds is 4. The SMILES string of the molecule is COCCc1nc(-c2cccc3c2NC(=O)C3)no1. The standard InChI is InChI=1S/C13H13N3O3/c1-18-6-5-11-15-13(16-19-11)9-4-2-3-8-7-10(17)14-12(8)9/h2-4H,5-7H2,1H3,(H,14,17). The van der Waals surface area contributed by atoms with Gasteiger partial charge in [0.1, 0.15) is 0 Å². The van der Waals surface area contributed by atoms with Gasteiger partial charge in [-0.25, -0.2) is 0 Å².